The van der Waals surface area contributed by atoms with E-state index in [1.54, 1.807) is 0 Å². The van der Waals surface area contributed by atoms with Gasteiger partial charge in [-0.3, -0.25) is 0 Å². The maximum absolute atomic E-state index is 5.92. The summed E-state index contributed by atoms with van der Waals surface area (Å²) in [5, 5.41) is 0. The van der Waals surface area contributed by atoms with E-state index in [4.69, 9.17) is 5.73 Å². The molecular formula is C13H28N2. The third kappa shape index (κ3) is 4.98. The maximum atomic E-state index is 5.92. The maximum Gasteiger partial charge on any atom is 0.00922 e. The standard InChI is InChI=1S/C13H28N2/c1-3-12(14)8-7-11-15(2)13-9-5-4-6-10-13/h12-13H,3-11,14H2,1-2H3. The number of hydrogen-bond donors (Lipinski definition) is 1. The summed E-state index contributed by atoms with van der Waals surface area (Å²) in [5.74, 6) is 0. The summed E-state index contributed by atoms with van der Waals surface area (Å²) in [5.41, 5.74) is 5.92. The van der Waals surface area contributed by atoms with Crippen molar-refractivity contribution in [3.05, 3.63) is 0 Å². The molecule has 2 heteroatoms. The van der Waals surface area contributed by atoms with Gasteiger partial charge in [-0.2, -0.15) is 0 Å². The highest BCUT2D eigenvalue weighted by atomic mass is 15.1. The molecule has 0 radical (unpaired) electrons. The number of nitrogens with zero attached hydrogens (tertiary/aromatic N) is 1. The first-order valence-electron chi connectivity index (χ1n) is 6.70. The van der Waals surface area contributed by atoms with Crippen molar-refractivity contribution in [3.63, 3.8) is 0 Å². The Balaban J connectivity index is 2.09. The fourth-order valence-corrected chi connectivity index (χ4v) is 2.51. The van der Waals surface area contributed by atoms with Crippen LogP contribution in [0.15, 0.2) is 0 Å². The van der Waals surface area contributed by atoms with Gasteiger partial charge in [-0.25, -0.2) is 0 Å². The molecule has 1 unspecified atom stereocenters. The Morgan fingerprint density at radius 2 is 1.93 bits per heavy atom. The molecule has 0 aromatic heterocycles. The quantitative estimate of drug-likeness (QED) is 0.733. The summed E-state index contributed by atoms with van der Waals surface area (Å²) in [7, 11) is 2.29. The Kier molecular flexibility index (Phi) is 6.26. The highest BCUT2D eigenvalue weighted by Gasteiger charge is 2.17. The molecule has 0 amide bonds. The monoisotopic (exact) mass is 212 g/mol. The zero-order valence-corrected chi connectivity index (χ0v) is 10.5. The predicted molar refractivity (Wildman–Crippen MR) is 67.0 cm³/mol. The van der Waals surface area contributed by atoms with Crippen LogP contribution < -0.4 is 5.73 Å². The van der Waals surface area contributed by atoms with E-state index >= 15 is 0 Å². The van der Waals surface area contributed by atoms with Gasteiger partial charge >= 0.3 is 0 Å². The topological polar surface area (TPSA) is 29.3 Å². The van der Waals surface area contributed by atoms with Gasteiger partial charge in [0, 0.05) is 12.1 Å². The van der Waals surface area contributed by atoms with Gasteiger partial charge in [-0.15, -0.1) is 0 Å². The third-order valence-electron chi connectivity index (χ3n) is 3.81. The van der Waals surface area contributed by atoms with Crippen LogP contribution >= 0.6 is 0 Å². The van der Waals surface area contributed by atoms with Gasteiger partial charge in [-0.1, -0.05) is 26.2 Å². The molecule has 2 nitrogen and oxygen atoms in total. The lowest BCUT2D eigenvalue weighted by atomic mass is 9.94. The molecule has 0 aliphatic heterocycles. The highest BCUT2D eigenvalue weighted by molar-refractivity contribution is 4.73. The predicted octanol–water partition coefficient (Wildman–Crippen LogP) is 2.77. The Hall–Kier alpha value is -0.0800. The molecule has 1 aliphatic carbocycles. The van der Waals surface area contributed by atoms with E-state index < -0.39 is 0 Å². The van der Waals surface area contributed by atoms with Crippen LogP contribution in [-0.4, -0.2) is 30.6 Å². The molecular weight excluding hydrogens is 184 g/mol. The molecule has 0 spiro atoms. The fraction of sp³-hybridized carbons (Fsp3) is 1.00. The third-order valence-corrected chi connectivity index (χ3v) is 3.81. The average Bonchev–Trinajstić information content (AvgIpc) is 2.29. The van der Waals surface area contributed by atoms with Gasteiger partial charge in [0.2, 0.25) is 0 Å². The van der Waals surface area contributed by atoms with Crippen LogP contribution in [0.5, 0.6) is 0 Å². The second kappa shape index (κ2) is 7.24. The lowest BCUT2D eigenvalue weighted by Crippen LogP contribution is -2.34. The van der Waals surface area contributed by atoms with Crippen LogP contribution in [0, 0.1) is 0 Å². The van der Waals surface area contributed by atoms with E-state index in [9.17, 15) is 0 Å². The average molecular weight is 212 g/mol. The number of hydrogen-bond acceptors (Lipinski definition) is 2. The number of nitrogens with two attached hydrogens (primary N) is 1. The first kappa shape index (κ1) is 13.0. The van der Waals surface area contributed by atoms with Gasteiger partial charge in [0.25, 0.3) is 0 Å². The molecule has 1 aliphatic rings. The van der Waals surface area contributed by atoms with E-state index in [1.165, 1.54) is 51.5 Å². The van der Waals surface area contributed by atoms with Crippen LogP contribution in [0.2, 0.25) is 0 Å². The summed E-state index contributed by atoms with van der Waals surface area (Å²) in [6.07, 6.45) is 10.7. The van der Waals surface area contributed by atoms with Crippen molar-refractivity contribution in [2.75, 3.05) is 13.6 Å². The molecule has 1 saturated carbocycles. The summed E-state index contributed by atoms with van der Waals surface area (Å²) < 4.78 is 0. The Bertz CT molecular complexity index is 153. The smallest absolute Gasteiger partial charge is 0.00922 e. The SMILES string of the molecule is CCC(N)CCCN(C)C1CCCCC1. The highest BCUT2D eigenvalue weighted by Crippen LogP contribution is 2.21. The summed E-state index contributed by atoms with van der Waals surface area (Å²) in [4.78, 5) is 2.56. The molecule has 0 bridgehead atoms. The Morgan fingerprint density at radius 3 is 2.53 bits per heavy atom. The molecule has 1 rings (SSSR count). The van der Waals surface area contributed by atoms with Gasteiger partial charge < -0.3 is 10.6 Å². The van der Waals surface area contributed by atoms with Crippen LogP contribution in [0.25, 0.3) is 0 Å². The molecule has 0 aromatic rings. The fourth-order valence-electron chi connectivity index (χ4n) is 2.51. The summed E-state index contributed by atoms with van der Waals surface area (Å²) >= 11 is 0. The van der Waals surface area contributed by atoms with Crippen molar-refractivity contribution in [2.45, 2.75) is 70.4 Å². The minimum atomic E-state index is 0.421. The molecule has 0 heterocycles. The first-order chi connectivity index (χ1) is 7.24. The second-order valence-electron chi connectivity index (χ2n) is 5.08. The van der Waals surface area contributed by atoms with E-state index in [0.717, 1.165) is 12.5 Å². The molecule has 1 fully saturated rings. The van der Waals surface area contributed by atoms with E-state index in [0.29, 0.717) is 6.04 Å². The lowest BCUT2D eigenvalue weighted by Gasteiger charge is -2.31. The summed E-state index contributed by atoms with van der Waals surface area (Å²) in [6.45, 7) is 3.41. The molecule has 0 aromatic carbocycles. The second-order valence-corrected chi connectivity index (χ2v) is 5.08. The van der Waals surface area contributed by atoms with Crippen LogP contribution in [0.3, 0.4) is 0 Å². The largest absolute Gasteiger partial charge is 0.328 e. The summed E-state index contributed by atoms with van der Waals surface area (Å²) in [6, 6.07) is 1.28. The lowest BCUT2D eigenvalue weighted by molar-refractivity contribution is 0.187. The van der Waals surface area contributed by atoms with Crippen molar-refractivity contribution in [1.82, 2.24) is 4.90 Å². The van der Waals surface area contributed by atoms with E-state index in [2.05, 4.69) is 18.9 Å². The van der Waals surface area contributed by atoms with E-state index in [1.807, 2.05) is 0 Å². The first-order valence-corrected chi connectivity index (χ1v) is 6.70. The van der Waals surface area contributed by atoms with Crippen LogP contribution in [0.1, 0.15) is 58.3 Å². The van der Waals surface area contributed by atoms with Gasteiger partial charge in [-0.05, 0) is 45.7 Å². The Labute approximate surface area is 95.2 Å². The minimum Gasteiger partial charge on any atom is -0.328 e. The molecule has 90 valence electrons. The van der Waals surface area contributed by atoms with E-state index in [-0.39, 0.29) is 0 Å². The van der Waals surface area contributed by atoms with Crippen LogP contribution in [-0.2, 0) is 0 Å². The zero-order chi connectivity index (χ0) is 11.1. The van der Waals surface area contributed by atoms with Crippen molar-refractivity contribution in [1.29, 1.82) is 0 Å². The molecule has 1 atom stereocenters. The normalized spacial score (nSPS) is 20.8. The van der Waals surface area contributed by atoms with Crippen molar-refractivity contribution >= 4 is 0 Å². The van der Waals surface area contributed by atoms with Gasteiger partial charge in [0.1, 0.15) is 0 Å². The minimum absolute atomic E-state index is 0.421. The molecule has 2 N–H and O–H groups in total. The van der Waals surface area contributed by atoms with Crippen LogP contribution in [0.4, 0.5) is 0 Å². The Morgan fingerprint density at radius 1 is 1.27 bits per heavy atom. The molecule has 0 saturated heterocycles. The van der Waals surface area contributed by atoms with Gasteiger partial charge in [0.05, 0.1) is 0 Å². The van der Waals surface area contributed by atoms with Crippen molar-refractivity contribution in [2.24, 2.45) is 5.73 Å². The number of rotatable bonds is 6. The molecule has 15 heavy (non-hydrogen) atoms. The van der Waals surface area contributed by atoms with Crippen molar-refractivity contribution in [3.8, 4) is 0 Å². The van der Waals surface area contributed by atoms with Crippen molar-refractivity contribution < 1.29 is 0 Å². The van der Waals surface area contributed by atoms with Gasteiger partial charge in [0.15, 0.2) is 0 Å². The zero-order valence-electron chi connectivity index (χ0n) is 10.5.